The van der Waals surface area contributed by atoms with Gasteiger partial charge in [-0.1, -0.05) is 22.5 Å². The highest BCUT2D eigenvalue weighted by Gasteiger charge is 2.07. The lowest BCUT2D eigenvalue weighted by Gasteiger charge is -2.04. The Labute approximate surface area is 114 Å². The lowest BCUT2D eigenvalue weighted by atomic mass is 10.3. The summed E-state index contributed by atoms with van der Waals surface area (Å²) >= 11 is 3.15. The summed E-state index contributed by atoms with van der Waals surface area (Å²) in [5, 5.41) is 5.35. The molecular formula is C12H15BrN2O3. The van der Waals surface area contributed by atoms with Crippen LogP contribution in [0.5, 0.6) is 0 Å². The molecule has 5 nitrogen and oxygen atoms in total. The van der Waals surface area contributed by atoms with Crippen molar-refractivity contribution < 1.29 is 14.0 Å². The van der Waals surface area contributed by atoms with Crippen molar-refractivity contribution >= 4 is 27.7 Å². The number of carbonyl (C=O) groups is 2. The molecule has 18 heavy (non-hydrogen) atoms. The smallest absolute Gasteiger partial charge is 0.286 e. The van der Waals surface area contributed by atoms with Crippen molar-refractivity contribution in [2.75, 3.05) is 13.1 Å². The third-order valence-electron chi connectivity index (χ3n) is 2.09. The van der Waals surface area contributed by atoms with Gasteiger partial charge in [-0.2, -0.15) is 0 Å². The normalized spacial score (nSPS) is 9.83. The van der Waals surface area contributed by atoms with E-state index in [-0.39, 0.29) is 17.6 Å². The van der Waals surface area contributed by atoms with Gasteiger partial charge in [-0.15, -0.1) is 0 Å². The Morgan fingerprint density at radius 3 is 2.78 bits per heavy atom. The van der Waals surface area contributed by atoms with Crippen LogP contribution in [0, 0.1) is 0 Å². The second-order valence-electron chi connectivity index (χ2n) is 3.63. The molecule has 1 heterocycles. The molecule has 2 N–H and O–H groups in total. The molecule has 0 atom stereocenters. The summed E-state index contributed by atoms with van der Waals surface area (Å²) in [6, 6.07) is 3.24. The fourth-order valence-corrected chi connectivity index (χ4v) is 1.37. The van der Waals surface area contributed by atoms with Crippen LogP contribution in [0.25, 0.3) is 0 Å². The second kappa shape index (κ2) is 7.71. The minimum absolute atomic E-state index is 0.0668. The Morgan fingerprint density at radius 1 is 1.39 bits per heavy atom. The molecule has 98 valence electrons. The fraction of sp³-hybridized carbons (Fsp3) is 0.333. The number of hydrogen-bond acceptors (Lipinski definition) is 3. The molecule has 0 bridgehead atoms. The van der Waals surface area contributed by atoms with Crippen LogP contribution in [0.2, 0.25) is 0 Å². The van der Waals surface area contributed by atoms with Crippen molar-refractivity contribution in [2.24, 2.45) is 0 Å². The van der Waals surface area contributed by atoms with Gasteiger partial charge in [0, 0.05) is 24.0 Å². The average Bonchev–Trinajstić information content (AvgIpc) is 2.85. The number of rotatable bonds is 7. The number of nitrogens with one attached hydrogen (secondary N) is 2. The van der Waals surface area contributed by atoms with Gasteiger partial charge in [-0.05, 0) is 18.6 Å². The molecule has 1 rings (SSSR count). The molecule has 2 amide bonds. The Morgan fingerprint density at radius 2 is 2.17 bits per heavy atom. The quantitative estimate of drug-likeness (QED) is 0.754. The van der Waals surface area contributed by atoms with Crippen LogP contribution in [0.4, 0.5) is 0 Å². The molecule has 0 aromatic carbocycles. The first-order chi connectivity index (χ1) is 8.59. The lowest BCUT2D eigenvalue weighted by Crippen LogP contribution is -2.27. The van der Waals surface area contributed by atoms with Gasteiger partial charge in [0.25, 0.3) is 5.91 Å². The zero-order valence-electron chi connectivity index (χ0n) is 9.87. The Balaban J connectivity index is 2.10. The Bertz CT molecular complexity index is 415. The first-order valence-electron chi connectivity index (χ1n) is 5.51. The van der Waals surface area contributed by atoms with E-state index in [1.165, 1.54) is 6.26 Å². The van der Waals surface area contributed by atoms with Gasteiger partial charge >= 0.3 is 0 Å². The molecule has 0 saturated carbocycles. The minimum atomic E-state index is -0.269. The van der Waals surface area contributed by atoms with Gasteiger partial charge in [0.1, 0.15) is 0 Å². The predicted octanol–water partition coefficient (Wildman–Crippen LogP) is 1.81. The summed E-state index contributed by atoms with van der Waals surface area (Å²) in [6.07, 6.45) is 2.38. The van der Waals surface area contributed by atoms with Gasteiger partial charge in [-0.3, -0.25) is 9.59 Å². The van der Waals surface area contributed by atoms with Crippen LogP contribution in [-0.2, 0) is 4.79 Å². The van der Waals surface area contributed by atoms with E-state index in [0.29, 0.717) is 25.9 Å². The number of carbonyl (C=O) groups excluding carboxylic acids is 2. The fourth-order valence-electron chi connectivity index (χ4n) is 1.23. The molecule has 0 unspecified atom stereocenters. The highest BCUT2D eigenvalue weighted by Crippen LogP contribution is 2.00. The maximum Gasteiger partial charge on any atom is 0.286 e. The van der Waals surface area contributed by atoms with Crippen molar-refractivity contribution in [1.82, 2.24) is 10.6 Å². The first-order valence-corrected chi connectivity index (χ1v) is 6.30. The predicted molar refractivity (Wildman–Crippen MR) is 71.4 cm³/mol. The summed E-state index contributed by atoms with van der Waals surface area (Å²) in [5.74, 6) is -0.0628. The Kier molecular flexibility index (Phi) is 6.21. The van der Waals surface area contributed by atoms with Crippen LogP contribution in [0.15, 0.2) is 33.9 Å². The van der Waals surface area contributed by atoms with Crippen molar-refractivity contribution in [1.29, 1.82) is 0 Å². The Hall–Kier alpha value is -1.56. The molecule has 0 fully saturated rings. The zero-order chi connectivity index (χ0) is 13.4. The van der Waals surface area contributed by atoms with Crippen molar-refractivity contribution in [3.05, 3.63) is 35.2 Å². The number of furan rings is 1. The SMILES string of the molecule is C=C(Br)CNC(=O)CCCNC(=O)c1ccco1. The van der Waals surface area contributed by atoms with Crippen LogP contribution in [0.3, 0.4) is 0 Å². The maximum absolute atomic E-state index is 11.4. The van der Waals surface area contributed by atoms with Crippen LogP contribution in [-0.4, -0.2) is 24.9 Å². The second-order valence-corrected chi connectivity index (χ2v) is 4.75. The van der Waals surface area contributed by atoms with Crippen molar-refractivity contribution in [2.45, 2.75) is 12.8 Å². The molecule has 0 saturated heterocycles. The number of halogens is 1. The van der Waals surface area contributed by atoms with Gasteiger partial charge in [0.2, 0.25) is 5.91 Å². The average molecular weight is 315 g/mol. The van der Waals surface area contributed by atoms with E-state index in [4.69, 9.17) is 4.42 Å². The van der Waals surface area contributed by atoms with E-state index in [1.54, 1.807) is 12.1 Å². The highest BCUT2D eigenvalue weighted by atomic mass is 79.9. The highest BCUT2D eigenvalue weighted by molar-refractivity contribution is 9.11. The zero-order valence-corrected chi connectivity index (χ0v) is 11.5. The van der Waals surface area contributed by atoms with Gasteiger partial charge in [0.15, 0.2) is 5.76 Å². The number of hydrogen-bond donors (Lipinski definition) is 2. The summed E-state index contributed by atoms with van der Waals surface area (Å²) in [6.45, 7) is 4.46. The molecule has 1 aromatic heterocycles. The van der Waals surface area contributed by atoms with Crippen molar-refractivity contribution in [3.8, 4) is 0 Å². The van der Waals surface area contributed by atoms with Crippen LogP contribution >= 0.6 is 15.9 Å². The summed E-state index contributed by atoms with van der Waals surface area (Å²) < 4.78 is 5.66. The largest absolute Gasteiger partial charge is 0.459 e. The summed E-state index contributed by atoms with van der Waals surface area (Å²) in [7, 11) is 0. The summed E-state index contributed by atoms with van der Waals surface area (Å²) in [5.41, 5.74) is 0. The standard InChI is InChI=1S/C12H15BrN2O3/c1-9(13)8-15-11(16)5-2-6-14-12(17)10-4-3-7-18-10/h3-4,7H,1-2,5-6,8H2,(H,14,17)(H,15,16). The molecule has 0 radical (unpaired) electrons. The van der Waals surface area contributed by atoms with Gasteiger partial charge in [-0.25, -0.2) is 0 Å². The van der Waals surface area contributed by atoms with E-state index >= 15 is 0 Å². The number of amides is 2. The topological polar surface area (TPSA) is 71.3 Å². The molecule has 6 heteroatoms. The van der Waals surface area contributed by atoms with E-state index < -0.39 is 0 Å². The summed E-state index contributed by atoms with van der Waals surface area (Å²) in [4.78, 5) is 22.8. The minimum Gasteiger partial charge on any atom is -0.459 e. The van der Waals surface area contributed by atoms with Crippen LogP contribution in [0.1, 0.15) is 23.4 Å². The molecule has 1 aromatic rings. The molecular weight excluding hydrogens is 300 g/mol. The van der Waals surface area contributed by atoms with Gasteiger partial charge in [0.05, 0.1) is 6.26 Å². The van der Waals surface area contributed by atoms with E-state index in [1.807, 2.05) is 0 Å². The molecule has 0 aliphatic rings. The lowest BCUT2D eigenvalue weighted by molar-refractivity contribution is -0.120. The van der Waals surface area contributed by atoms with Crippen LogP contribution < -0.4 is 10.6 Å². The van der Waals surface area contributed by atoms with Crippen molar-refractivity contribution in [3.63, 3.8) is 0 Å². The third-order valence-corrected chi connectivity index (χ3v) is 2.37. The monoisotopic (exact) mass is 314 g/mol. The molecule has 0 spiro atoms. The molecule has 0 aliphatic heterocycles. The maximum atomic E-state index is 11.4. The van der Waals surface area contributed by atoms with E-state index in [9.17, 15) is 9.59 Å². The van der Waals surface area contributed by atoms with Gasteiger partial charge < -0.3 is 15.1 Å². The third kappa shape index (κ3) is 5.67. The van der Waals surface area contributed by atoms with E-state index in [0.717, 1.165) is 4.48 Å². The molecule has 0 aliphatic carbocycles. The first kappa shape index (κ1) is 14.5. The van der Waals surface area contributed by atoms with E-state index in [2.05, 4.69) is 33.1 Å².